The molecule has 2 N–H and O–H groups in total. The van der Waals surface area contributed by atoms with Gasteiger partial charge in [-0.2, -0.15) is 4.31 Å². The van der Waals surface area contributed by atoms with E-state index in [1.54, 1.807) is 12.1 Å². The van der Waals surface area contributed by atoms with Gasteiger partial charge in [-0.3, -0.25) is 4.79 Å². The monoisotopic (exact) mass is 284 g/mol. The number of nitrogens with two attached hydrogens (primary N) is 1. The van der Waals surface area contributed by atoms with Gasteiger partial charge in [0.05, 0.1) is 10.5 Å². The molecule has 0 saturated heterocycles. The van der Waals surface area contributed by atoms with Gasteiger partial charge in [-0.1, -0.05) is 26.0 Å². The predicted molar refractivity (Wildman–Crippen MR) is 74.3 cm³/mol. The van der Waals surface area contributed by atoms with E-state index in [9.17, 15) is 13.2 Å². The van der Waals surface area contributed by atoms with E-state index in [-0.39, 0.29) is 10.5 Å². The molecule has 5 nitrogen and oxygen atoms in total. The number of carbonyl (C=O) groups excluding carboxylic acids is 1. The molecule has 6 heteroatoms. The van der Waals surface area contributed by atoms with Gasteiger partial charge in [-0.15, -0.1) is 0 Å². The fourth-order valence-electron chi connectivity index (χ4n) is 1.89. The first-order chi connectivity index (χ1) is 8.95. The Bertz CT molecular complexity index is 535. The molecule has 0 aliphatic heterocycles. The summed E-state index contributed by atoms with van der Waals surface area (Å²) in [6, 6.07) is 6.05. The highest BCUT2D eigenvalue weighted by Crippen LogP contribution is 2.20. The molecule has 0 radical (unpaired) electrons. The normalized spacial score (nSPS) is 11.7. The van der Waals surface area contributed by atoms with Gasteiger partial charge in [0, 0.05) is 13.1 Å². The minimum absolute atomic E-state index is 0.00981. The highest BCUT2D eigenvalue weighted by Gasteiger charge is 2.26. The first-order valence-electron chi connectivity index (χ1n) is 6.34. The van der Waals surface area contributed by atoms with Crippen LogP contribution in [-0.2, 0) is 10.0 Å². The molecule has 0 atom stereocenters. The van der Waals surface area contributed by atoms with Crippen molar-refractivity contribution in [3.63, 3.8) is 0 Å². The molecule has 0 unspecified atom stereocenters. The van der Waals surface area contributed by atoms with E-state index in [1.165, 1.54) is 16.4 Å². The average molecular weight is 284 g/mol. The van der Waals surface area contributed by atoms with Gasteiger partial charge >= 0.3 is 0 Å². The van der Waals surface area contributed by atoms with Crippen molar-refractivity contribution in [2.24, 2.45) is 5.73 Å². The van der Waals surface area contributed by atoms with Crippen molar-refractivity contribution < 1.29 is 13.2 Å². The average Bonchev–Trinajstić information content (AvgIpc) is 2.38. The van der Waals surface area contributed by atoms with Crippen LogP contribution in [-0.4, -0.2) is 31.7 Å². The summed E-state index contributed by atoms with van der Waals surface area (Å²) in [5.74, 6) is -0.730. The highest BCUT2D eigenvalue weighted by atomic mass is 32.2. The third kappa shape index (κ3) is 3.54. The summed E-state index contributed by atoms with van der Waals surface area (Å²) in [5.41, 5.74) is 5.28. The summed E-state index contributed by atoms with van der Waals surface area (Å²) >= 11 is 0. The van der Waals surface area contributed by atoms with Gasteiger partial charge in [0.1, 0.15) is 0 Å². The van der Waals surface area contributed by atoms with Crippen LogP contribution in [0.15, 0.2) is 29.2 Å². The molecule has 0 spiro atoms. The summed E-state index contributed by atoms with van der Waals surface area (Å²) in [6.45, 7) is 4.70. The van der Waals surface area contributed by atoms with Gasteiger partial charge in [0.15, 0.2) is 0 Å². The van der Waals surface area contributed by atoms with Crippen molar-refractivity contribution in [3.05, 3.63) is 29.8 Å². The fraction of sp³-hybridized carbons (Fsp3) is 0.462. The van der Waals surface area contributed by atoms with E-state index in [0.29, 0.717) is 13.1 Å². The zero-order valence-electron chi connectivity index (χ0n) is 11.3. The van der Waals surface area contributed by atoms with Crippen molar-refractivity contribution in [1.82, 2.24) is 4.31 Å². The summed E-state index contributed by atoms with van der Waals surface area (Å²) in [5, 5.41) is 0. The summed E-state index contributed by atoms with van der Waals surface area (Å²) in [4.78, 5) is 11.3. The molecule has 0 fully saturated rings. The molecule has 106 valence electrons. The van der Waals surface area contributed by atoms with Crippen molar-refractivity contribution in [3.8, 4) is 0 Å². The topological polar surface area (TPSA) is 80.5 Å². The number of nitrogens with zero attached hydrogens (tertiary/aromatic N) is 1. The number of amides is 1. The Morgan fingerprint density at radius 1 is 1.16 bits per heavy atom. The van der Waals surface area contributed by atoms with Crippen LogP contribution in [0.3, 0.4) is 0 Å². The van der Waals surface area contributed by atoms with Gasteiger partial charge in [0.25, 0.3) is 0 Å². The molecule has 19 heavy (non-hydrogen) atoms. The number of sulfonamides is 1. The molecule has 1 rings (SSSR count). The van der Waals surface area contributed by atoms with Gasteiger partial charge < -0.3 is 5.73 Å². The lowest BCUT2D eigenvalue weighted by atomic mass is 10.2. The smallest absolute Gasteiger partial charge is 0.250 e. The quantitative estimate of drug-likeness (QED) is 0.825. The lowest BCUT2D eigenvalue weighted by Gasteiger charge is -2.22. The maximum Gasteiger partial charge on any atom is 0.250 e. The van der Waals surface area contributed by atoms with E-state index in [4.69, 9.17) is 5.73 Å². The zero-order chi connectivity index (χ0) is 14.5. The van der Waals surface area contributed by atoms with E-state index in [1.807, 2.05) is 13.8 Å². The second-order valence-electron chi connectivity index (χ2n) is 4.26. The first kappa shape index (κ1) is 15.7. The van der Waals surface area contributed by atoms with Crippen LogP contribution >= 0.6 is 0 Å². The minimum Gasteiger partial charge on any atom is -0.366 e. The lowest BCUT2D eigenvalue weighted by Crippen LogP contribution is -2.34. The molecular formula is C13H20N2O3S. The van der Waals surface area contributed by atoms with Crippen LogP contribution in [0.4, 0.5) is 0 Å². The zero-order valence-corrected chi connectivity index (χ0v) is 12.1. The number of benzene rings is 1. The second kappa shape index (κ2) is 6.68. The molecule has 0 bridgehead atoms. The number of hydrogen-bond acceptors (Lipinski definition) is 3. The largest absolute Gasteiger partial charge is 0.366 e. The molecule has 0 aliphatic rings. The van der Waals surface area contributed by atoms with Crippen LogP contribution in [0.5, 0.6) is 0 Å². The molecule has 0 heterocycles. The number of carbonyl (C=O) groups is 1. The first-order valence-corrected chi connectivity index (χ1v) is 7.78. The van der Waals surface area contributed by atoms with Gasteiger partial charge in [-0.25, -0.2) is 8.42 Å². The predicted octanol–water partition coefficient (Wildman–Crippen LogP) is 1.60. The summed E-state index contributed by atoms with van der Waals surface area (Å²) in [7, 11) is -3.67. The summed E-state index contributed by atoms with van der Waals surface area (Å²) < 4.78 is 26.5. The Kier molecular flexibility index (Phi) is 5.50. The maximum atomic E-state index is 12.6. The standard InChI is InChI=1S/C13H20N2O3S/c1-3-9-15(10-4-2)19(17,18)12-8-6-5-7-11(12)13(14)16/h5-8H,3-4,9-10H2,1-2H3,(H2,14,16). The highest BCUT2D eigenvalue weighted by molar-refractivity contribution is 7.89. The molecule has 0 saturated carbocycles. The molecule has 1 aromatic rings. The Hall–Kier alpha value is -1.40. The van der Waals surface area contributed by atoms with Gasteiger partial charge in [0.2, 0.25) is 15.9 Å². The van der Waals surface area contributed by atoms with Crippen molar-refractivity contribution in [1.29, 1.82) is 0 Å². The molecule has 1 amide bonds. The van der Waals surface area contributed by atoms with Crippen LogP contribution in [0.1, 0.15) is 37.0 Å². The van der Waals surface area contributed by atoms with Crippen molar-refractivity contribution in [2.75, 3.05) is 13.1 Å². The van der Waals surface area contributed by atoms with E-state index in [0.717, 1.165) is 12.8 Å². The van der Waals surface area contributed by atoms with Crippen LogP contribution in [0.25, 0.3) is 0 Å². The third-order valence-electron chi connectivity index (χ3n) is 2.72. The Balaban J connectivity index is 3.29. The Morgan fingerprint density at radius 2 is 1.68 bits per heavy atom. The maximum absolute atomic E-state index is 12.6. The van der Waals surface area contributed by atoms with E-state index in [2.05, 4.69) is 0 Å². The minimum atomic E-state index is -3.67. The third-order valence-corrected chi connectivity index (χ3v) is 4.67. The molecule has 1 aromatic carbocycles. The molecular weight excluding hydrogens is 264 g/mol. The van der Waals surface area contributed by atoms with Crippen LogP contribution in [0, 0.1) is 0 Å². The number of rotatable bonds is 7. The van der Waals surface area contributed by atoms with E-state index < -0.39 is 15.9 Å². The van der Waals surface area contributed by atoms with Gasteiger partial charge in [-0.05, 0) is 25.0 Å². The molecule has 0 aliphatic carbocycles. The Labute approximate surface area is 114 Å². The second-order valence-corrected chi connectivity index (χ2v) is 6.17. The van der Waals surface area contributed by atoms with Crippen LogP contribution < -0.4 is 5.73 Å². The fourth-order valence-corrected chi connectivity index (χ4v) is 3.71. The Morgan fingerprint density at radius 3 is 2.16 bits per heavy atom. The number of primary amides is 1. The SMILES string of the molecule is CCCN(CCC)S(=O)(=O)c1ccccc1C(N)=O. The van der Waals surface area contributed by atoms with E-state index >= 15 is 0 Å². The number of hydrogen-bond donors (Lipinski definition) is 1. The summed E-state index contributed by atoms with van der Waals surface area (Å²) in [6.07, 6.45) is 1.44. The lowest BCUT2D eigenvalue weighted by molar-refractivity contribution is 0.0997. The van der Waals surface area contributed by atoms with Crippen molar-refractivity contribution in [2.45, 2.75) is 31.6 Å². The van der Waals surface area contributed by atoms with Crippen LogP contribution in [0.2, 0.25) is 0 Å². The molecule has 0 aromatic heterocycles. The van der Waals surface area contributed by atoms with Crippen molar-refractivity contribution >= 4 is 15.9 Å².